The van der Waals surface area contributed by atoms with E-state index in [1.54, 1.807) is 0 Å². The molecule has 2 aromatic carbocycles. The van der Waals surface area contributed by atoms with Crippen molar-refractivity contribution in [2.24, 2.45) is 5.92 Å². The van der Waals surface area contributed by atoms with Gasteiger partial charge in [-0.15, -0.1) is 0 Å². The van der Waals surface area contributed by atoms with Crippen LogP contribution in [0.5, 0.6) is 0 Å². The van der Waals surface area contributed by atoms with E-state index in [0.717, 1.165) is 30.0 Å². The lowest BCUT2D eigenvalue weighted by atomic mass is 9.84. The molecule has 0 bridgehead atoms. The second-order valence-corrected chi connectivity index (χ2v) is 11.6. The highest BCUT2D eigenvalue weighted by molar-refractivity contribution is 5.81. The molecule has 1 N–H and O–H groups in total. The summed E-state index contributed by atoms with van der Waals surface area (Å²) in [7, 11) is 0. The number of halogens is 3. The lowest BCUT2D eigenvalue weighted by Gasteiger charge is -2.36. The summed E-state index contributed by atoms with van der Waals surface area (Å²) in [4.78, 5) is 29.1. The molecule has 38 heavy (non-hydrogen) atoms. The number of rotatable bonds is 6. The van der Waals surface area contributed by atoms with Gasteiger partial charge in [0.15, 0.2) is 0 Å². The van der Waals surface area contributed by atoms with E-state index in [-0.39, 0.29) is 35.0 Å². The number of piperidine rings is 1. The molecule has 2 amide bonds. The van der Waals surface area contributed by atoms with Gasteiger partial charge in [0.25, 0.3) is 0 Å². The molecule has 2 fully saturated rings. The Morgan fingerprint density at radius 2 is 1.58 bits per heavy atom. The third-order valence-corrected chi connectivity index (χ3v) is 8.07. The van der Waals surface area contributed by atoms with Gasteiger partial charge < -0.3 is 10.2 Å². The van der Waals surface area contributed by atoms with Crippen LogP contribution in [0.4, 0.5) is 13.2 Å². The van der Waals surface area contributed by atoms with Crippen molar-refractivity contribution >= 4 is 11.8 Å². The molecule has 206 valence electrons. The predicted molar refractivity (Wildman–Crippen MR) is 141 cm³/mol. The van der Waals surface area contributed by atoms with Crippen molar-refractivity contribution in [3.05, 3.63) is 70.5 Å². The van der Waals surface area contributed by atoms with Crippen LogP contribution in [0.15, 0.2) is 36.4 Å². The highest BCUT2D eigenvalue weighted by atomic mass is 19.1. The molecule has 4 rings (SSSR count). The van der Waals surface area contributed by atoms with Gasteiger partial charge >= 0.3 is 0 Å². The Balaban J connectivity index is 1.48. The second kappa shape index (κ2) is 11.5. The van der Waals surface area contributed by atoms with Gasteiger partial charge in [-0.05, 0) is 80.8 Å². The Kier molecular flexibility index (Phi) is 8.50. The number of hydrogen-bond donors (Lipinski definition) is 1. The van der Waals surface area contributed by atoms with Gasteiger partial charge in [0.2, 0.25) is 11.8 Å². The third-order valence-electron chi connectivity index (χ3n) is 8.07. The van der Waals surface area contributed by atoms with Crippen molar-refractivity contribution in [2.75, 3.05) is 32.7 Å². The Morgan fingerprint density at radius 3 is 2.18 bits per heavy atom. The Labute approximate surface area is 223 Å². The van der Waals surface area contributed by atoms with E-state index in [0.29, 0.717) is 44.7 Å². The number of carbonyl (C=O) groups is 2. The van der Waals surface area contributed by atoms with Crippen LogP contribution in [-0.2, 0) is 16.0 Å². The second-order valence-electron chi connectivity index (χ2n) is 11.6. The Bertz CT molecular complexity index is 1170. The zero-order valence-corrected chi connectivity index (χ0v) is 22.7. The SMILES string of the molecule is CC(=O)NCCc1cc(F)ccc1C1CCN(C(=O)C2CN(C(C)(C)C)CC2c2ccc(F)cc2F)CC1. The average molecular weight is 530 g/mol. The van der Waals surface area contributed by atoms with Crippen LogP contribution in [0, 0.1) is 23.4 Å². The van der Waals surface area contributed by atoms with Crippen LogP contribution in [-0.4, -0.2) is 59.9 Å². The topological polar surface area (TPSA) is 52.7 Å². The van der Waals surface area contributed by atoms with Crippen LogP contribution in [0.25, 0.3) is 0 Å². The van der Waals surface area contributed by atoms with Gasteiger partial charge in [-0.1, -0.05) is 12.1 Å². The predicted octanol–water partition coefficient (Wildman–Crippen LogP) is 5.00. The van der Waals surface area contributed by atoms with Gasteiger partial charge in [-0.25, -0.2) is 13.2 Å². The molecule has 2 atom stereocenters. The van der Waals surface area contributed by atoms with Gasteiger partial charge in [0.1, 0.15) is 17.5 Å². The summed E-state index contributed by atoms with van der Waals surface area (Å²) in [6.07, 6.45) is 2.03. The van der Waals surface area contributed by atoms with Gasteiger partial charge in [0.05, 0.1) is 5.92 Å². The van der Waals surface area contributed by atoms with Crippen LogP contribution in [0.2, 0.25) is 0 Å². The normalized spacial score (nSPS) is 21.1. The van der Waals surface area contributed by atoms with Crippen LogP contribution < -0.4 is 5.32 Å². The van der Waals surface area contributed by atoms with E-state index in [2.05, 4.69) is 31.0 Å². The summed E-state index contributed by atoms with van der Waals surface area (Å²) < 4.78 is 42.4. The number of carbonyl (C=O) groups excluding carboxylic acids is 2. The summed E-state index contributed by atoms with van der Waals surface area (Å²) in [5, 5.41) is 2.77. The molecule has 0 aliphatic carbocycles. The molecule has 0 aromatic heterocycles. The lowest BCUT2D eigenvalue weighted by Crippen LogP contribution is -2.44. The van der Waals surface area contributed by atoms with E-state index in [4.69, 9.17) is 0 Å². The van der Waals surface area contributed by atoms with Crippen molar-refractivity contribution < 1.29 is 22.8 Å². The molecular weight excluding hydrogens is 491 g/mol. The summed E-state index contributed by atoms with van der Waals surface area (Å²) in [5.41, 5.74) is 2.15. The maximum Gasteiger partial charge on any atom is 0.227 e. The number of amides is 2. The number of likely N-dealkylation sites (tertiary alicyclic amines) is 2. The van der Waals surface area contributed by atoms with Crippen LogP contribution >= 0.6 is 0 Å². The van der Waals surface area contributed by atoms with Crippen molar-refractivity contribution in [1.82, 2.24) is 15.1 Å². The number of nitrogens with one attached hydrogen (secondary N) is 1. The number of benzene rings is 2. The minimum atomic E-state index is -0.626. The first-order valence-corrected chi connectivity index (χ1v) is 13.5. The molecule has 2 saturated heterocycles. The fourth-order valence-electron chi connectivity index (χ4n) is 5.93. The highest BCUT2D eigenvalue weighted by Gasteiger charge is 2.44. The van der Waals surface area contributed by atoms with Crippen LogP contribution in [0.1, 0.15) is 69.1 Å². The lowest BCUT2D eigenvalue weighted by molar-refractivity contribution is -0.136. The standard InChI is InChI=1S/C30H38F3N3O2/c1-19(37)34-12-9-21-15-22(31)5-7-24(21)20-10-13-35(14-11-20)29(38)27-18-36(30(2,3)4)17-26(27)25-8-6-23(32)16-28(25)33/h5-8,15-16,20,26-27H,9-14,17-18H2,1-4H3,(H,34,37). The summed E-state index contributed by atoms with van der Waals surface area (Å²) >= 11 is 0. The molecule has 2 unspecified atom stereocenters. The zero-order chi connectivity index (χ0) is 27.6. The van der Waals surface area contributed by atoms with E-state index >= 15 is 0 Å². The summed E-state index contributed by atoms with van der Waals surface area (Å²) in [6, 6.07) is 8.47. The molecule has 0 radical (unpaired) electrons. The largest absolute Gasteiger partial charge is 0.356 e. The molecular formula is C30H38F3N3O2. The monoisotopic (exact) mass is 529 g/mol. The van der Waals surface area contributed by atoms with Crippen molar-refractivity contribution in [3.8, 4) is 0 Å². The molecule has 5 nitrogen and oxygen atoms in total. The molecule has 0 saturated carbocycles. The molecule has 2 aliphatic rings. The first kappa shape index (κ1) is 28.1. The Morgan fingerprint density at radius 1 is 0.947 bits per heavy atom. The van der Waals surface area contributed by atoms with Crippen LogP contribution in [0.3, 0.4) is 0 Å². The first-order chi connectivity index (χ1) is 17.9. The van der Waals surface area contributed by atoms with Crippen molar-refractivity contribution in [3.63, 3.8) is 0 Å². The molecule has 0 spiro atoms. The first-order valence-electron chi connectivity index (χ1n) is 13.5. The van der Waals surface area contributed by atoms with E-state index in [1.807, 2.05) is 11.0 Å². The van der Waals surface area contributed by atoms with Crippen molar-refractivity contribution in [2.45, 2.75) is 64.3 Å². The van der Waals surface area contributed by atoms with Gasteiger partial charge in [0, 0.05) is 57.2 Å². The fourth-order valence-corrected chi connectivity index (χ4v) is 5.93. The fraction of sp³-hybridized carbons (Fsp3) is 0.533. The van der Waals surface area contributed by atoms with E-state index in [1.165, 1.54) is 31.2 Å². The van der Waals surface area contributed by atoms with Gasteiger partial charge in [-0.2, -0.15) is 0 Å². The minimum absolute atomic E-state index is 0.00825. The zero-order valence-electron chi connectivity index (χ0n) is 22.7. The molecule has 2 aliphatic heterocycles. The molecule has 2 heterocycles. The molecule has 2 aromatic rings. The minimum Gasteiger partial charge on any atom is -0.356 e. The quantitative estimate of drug-likeness (QED) is 0.573. The Hall–Kier alpha value is -2.87. The average Bonchev–Trinajstić information content (AvgIpc) is 3.29. The number of nitrogens with zero attached hydrogens (tertiary/aromatic N) is 2. The number of hydrogen-bond acceptors (Lipinski definition) is 3. The summed E-state index contributed by atoms with van der Waals surface area (Å²) in [5.74, 6) is -2.22. The van der Waals surface area contributed by atoms with E-state index < -0.39 is 17.6 Å². The highest BCUT2D eigenvalue weighted by Crippen LogP contribution is 2.40. The summed E-state index contributed by atoms with van der Waals surface area (Å²) in [6.45, 7) is 10.3. The smallest absolute Gasteiger partial charge is 0.227 e. The maximum atomic E-state index is 14.8. The van der Waals surface area contributed by atoms with E-state index in [9.17, 15) is 22.8 Å². The molecule has 8 heteroatoms. The van der Waals surface area contributed by atoms with Gasteiger partial charge in [-0.3, -0.25) is 14.5 Å². The maximum absolute atomic E-state index is 14.8. The third kappa shape index (κ3) is 6.40. The van der Waals surface area contributed by atoms with Crippen molar-refractivity contribution in [1.29, 1.82) is 0 Å².